The van der Waals surface area contributed by atoms with Crippen molar-refractivity contribution in [3.63, 3.8) is 0 Å². The average molecular weight is 139 g/mol. The van der Waals surface area contributed by atoms with E-state index in [-0.39, 0.29) is 0 Å². The molecule has 0 atom stereocenters. The Bertz CT molecular complexity index is 324. The number of imidazole rings is 1. The van der Waals surface area contributed by atoms with Gasteiger partial charge in [-0.05, 0) is 0 Å². The molecule has 0 spiro atoms. The minimum atomic E-state index is 0.315. The third-order valence-electron chi connectivity index (χ3n) is 1.29. The maximum atomic E-state index is 8.91. The zero-order valence-corrected chi connectivity index (χ0v) is 4.97. The smallest absolute Gasteiger partial charge is 0.207 e. The lowest BCUT2D eigenvalue weighted by Crippen LogP contribution is -1.91. The van der Waals surface area contributed by atoms with Gasteiger partial charge in [0.2, 0.25) is 5.95 Å². The number of rotatable bonds is 0. The summed E-state index contributed by atoms with van der Waals surface area (Å²) in [4.78, 5) is 4.45. The SMILES string of the molecule is Nc1ncc2n(O)ncn12. The van der Waals surface area contributed by atoms with E-state index >= 15 is 0 Å². The van der Waals surface area contributed by atoms with Crippen molar-refractivity contribution in [3.05, 3.63) is 12.5 Å². The van der Waals surface area contributed by atoms with Crippen LogP contribution in [0.3, 0.4) is 0 Å². The van der Waals surface area contributed by atoms with Gasteiger partial charge in [-0.3, -0.25) is 0 Å². The van der Waals surface area contributed by atoms with Crippen LogP contribution < -0.4 is 5.73 Å². The van der Waals surface area contributed by atoms with E-state index in [1.807, 2.05) is 0 Å². The number of hydrogen-bond donors (Lipinski definition) is 2. The monoisotopic (exact) mass is 139 g/mol. The third kappa shape index (κ3) is 0.426. The first kappa shape index (κ1) is 5.10. The first-order chi connectivity index (χ1) is 4.79. The highest BCUT2D eigenvalue weighted by molar-refractivity contribution is 5.42. The molecule has 0 saturated carbocycles. The van der Waals surface area contributed by atoms with E-state index in [0.29, 0.717) is 16.4 Å². The largest absolute Gasteiger partial charge is 0.410 e. The maximum absolute atomic E-state index is 8.91. The van der Waals surface area contributed by atoms with E-state index in [9.17, 15) is 0 Å². The number of nitrogen functional groups attached to an aromatic ring is 1. The van der Waals surface area contributed by atoms with Crippen molar-refractivity contribution in [2.24, 2.45) is 0 Å². The summed E-state index contributed by atoms with van der Waals surface area (Å²) in [5.41, 5.74) is 5.83. The molecular weight excluding hydrogens is 134 g/mol. The van der Waals surface area contributed by atoms with Gasteiger partial charge in [-0.25, -0.2) is 9.38 Å². The lowest BCUT2D eigenvalue weighted by atomic mass is 10.8. The lowest BCUT2D eigenvalue weighted by Gasteiger charge is -1.83. The lowest BCUT2D eigenvalue weighted by molar-refractivity contribution is 0.160. The molecule has 0 saturated heterocycles. The number of nitrogens with zero attached hydrogens (tertiary/aromatic N) is 4. The van der Waals surface area contributed by atoms with E-state index in [1.54, 1.807) is 0 Å². The molecule has 0 aliphatic rings. The molecule has 0 unspecified atom stereocenters. The van der Waals surface area contributed by atoms with Gasteiger partial charge in [-0.2, -0.15) is 0 Å². The van der Waals surface area contributed by atoms with Crippen LogP contribution in [0.15, 0.2) is 12.5 Å². The molecule has 10 heavy (non-hydrogen) atoms. The van der Waals surface area contributed by atoms with Crippen LogP contribution in [0.2, 0.25) is 0 Å². The summed E-state index contributed by atoms with van der Waals surface area (Å²) in [6.07, 6.45) is 2.82. The molecule has 6 nitrogen and oxygen atoms in total. The minimum Gasteiger partial charge on any atom is -0.410 e. The van der Waals surface area contributed by atoms with Crippen LogP contribution in [0.5, 0.6) is 0 Å². The number of aromatic nitrogens is 4. The third-order valence-corrected chi connectivity index (χ3v) is 1.29. The van der Waals surface area contributed by atoms with Crippen molar-refractivity contribution >= 4 is 11.6 Å². The van der Waals surface area contributed by atoms with E-state index in [1.165, 1.54) is 16.9 Å². The second-order valence-electron chi connectivity index (χ2n) is 1.86. The van der Waals surface area contributed by atoms with Crippen molar-refractivity contribution < 1.29 is 5.21 Å². The van der Waals surface area contributed by atoms with Crippen LogP contribution in [0.25, 0.3) is 5.65 Å². The molecule has 2 aromatic rings. The summed E-state index contributed by atoms with van der Waals surface area (Å²) in [7, 11) is 0. The van der Waals surface area contributed by atoms with Crippen LogP contribution in [-0.2, 0) is 0 Å². The van der Waals surface area contributed by atoms with Gasteiger partial charge in [0.15, 0.2) is 5.65 Å². The molecular formula is C4H5N5O. The van der Waals surface area contributed by atoms with Gasteiger partial charge in [0.25, 0.3) is 0 Å². The molecule has 3 N–H and O–H groups in total. The highest BCUT2D eigenvalue weighted by Gasteiger charge is 2.03. The quantitative estimate of drug-likeness (QED) is 0.475. The predicted octanol–water partition coefficient (Wildman–Crippen LogP) is -0.650. The Kier molecular flexibility index (Phi) is 0.717. The summed E-state index contributed by atoms with van der Waals surface area (Å²) >= 11 is 0. The van der Waals surface area contributed by atoms with E-state index < -0.39 is 0 Å². The molecule has 2 aromatic heterocycles. The normalized spacial score (nSPS) is 10.8. The first-order valence-corrected chi connectivity index (χ1v) is 2.65. The van der Waals surface area contributed by atoms with Crippen LogP contribution in [0, 0.1) is 0 Å². The second-order valence-corrected chi connectivity index (χ2v) is 1.86. The molecule has 0 radical (unpaired) electrons. The summed E-state index contributed by atoms with van der Waals surface area (Å²) in [5.74, 6) is 0.315. The molecule has 0 amide bonds. The predicted molar refractivity (Wildman–Crippen MR) is 32.6 cm³/mol. The summed E-state index contributed by atoms with van der Waals surface area (Å²) in [6.45, 7) is 0. The number of fused-ring (bicyclic) bond motifs is 1. The molecule has 52 valence electrons. The van der Waals surface area contributed by atoms with Gasteiger partial charge in [0.05, 0.1) is 6.20 Å². The fraction of sp³-hybridized carbons (Fsp3) is 0. The fourth-order valence-electron chi connectivity index (χ4n) is 0.792. The van der Waals surface area contributed by atoms with Crippen molar-refractivity contribution in [2.75, 3.05) is 5.73 Å². The molecule has 6 heteroatoms. The number of hydrogen-bond acceptors (Lipinski definition) is 4. The van der Waals surface area contributed by atoms with Gasteiger partial charge in [-0.1, -0.05) is 4.85 Å². The van der Waals surface area contributed by atoms with E-state index in [2.05, 4.69) is 10.1 Å². The van der Waals surface area contributed by atoms with Crippen LogP contribution in [-0.4, -0.2) is 24.5 Å². The van der Waals surface area contributed by atoms with Gasteiger partial charge < -0.3 is 10.9 Å². The molecule has 0 bridgehead atoms. The first-order valence-electron chi connectivity index (χ1n) is 2.65. The molecule has 0 aliphatic carbocycles. The van der Waals surface area contributed by atoms with Crippen molar-refractivity contribution in [1.29, 1.82) is 0 Å². The summed E-state index contributed by atoms with van der Waals surface area (Å²) in [6, 6.07) is 0. The maximum Gasteiger partial charge on any atom is 0.207 e. The second kappa shape index (κ2) is 1.41. The number of anilines is 1. The van der Waals surface area contributed by atoms with Crippen LogP contribution in [0.4, 0.5) is 5.95 Å². The summed E-state index contributed by atoms with van der Waals surface area (Å²) < 4.78 is 1.47. The van der Waals surface area contributed by atoms with E-state index in [4.69, 9.17) is 10.9 Å². The summed E-state index contributed by atoms with van der Waals surface area (Å²) in [5, 5.41) is 12.4. The Morgan fingerprint density at radius 3 is 3.10 bits per heavy atom. The van der Waals surface area contributed by atoms with Gasteiger partial charge in [0.1, 0.15) is 6.33 Å². The Labute approximate surface area is 55.5 Å². The molecule has 2 heterocycles. The minimum absolute atomic E-state index is 0.315. The standard InChI is InChI=1S/C4H5N5O/c5-4-6-1-3-8(4)2-7-9(3)10/h1-2,10H,(H2,5,6). The van der Waals surface area contributed by atoms with E-state index in [0.717, 1.165) is 0 Å². The van der Waals surface area contributed by atoms with Crippen LogP contribution >= 0.6 is 0 Å². The molecule has 0 aliphatic heterocycles. The molecule has 0 fully saturated rings. The van der Waals surface area contributed by atoms with Gasteiger partial charge in [0, 0.05) is 0 Å². The molecule has 2 rings (SSSR count). The zero-order chi connectivity index (χ0) is 7.14. The van der Waals surface area contributed by atoms with Crippen molar-refractivity contribution in [2.45, 2.75) is 0 Å². The Balaban J connectivity index is 2.95. The molecule has 0 aromatic carbocycles. The Morgan fingerprint density at radius 1 is 1.60 bits per heavy atom. The van der Waals surface area contributed by atoms with Gasteiger partial charge >= 0.3 is 0 Å². The van der Waals surface area contributed by atoms with Crippen molar-refractivity contribution in [3.8, 4) is 0 Å². The topological polar surface area (TPSA) is 81.4 Å². The van der Waals surface area contributed by atoms with Gasteiger partial charge in [-0.15, -0.1) is 5.10 Å². The highest BCUT2D eigenvalue weighted by Crippen LogP contribution is 2.04. The van der Waals surface area contributed by atoms with Crippen LogP contribution in [0.1, 0.15) is 0 Å². The fourth-order valence-corrected chi connectivity index (χ4v) is 0.792. The zero-order valence-electron chi connectivity index (χ0n) is 4.97. The van der Waals surface area contributed by atoms with Crippen molar-refractivity contribution in [1.82, 2.24) is 19.3 Å². The average Bonchev–Trinajstić information content (AvgIpc) is 2.41. The number of nitrogens with two attached hydrogens (primary N) is 1. The Morgan fingerprint density at radius 2 is 2.40 bits per heavy atom. The highest BCUT2D eigenvalue weighted by atomic mass is 16.5. The Hall–Kier alpha value is -1.72.